The first-order chi connectivity index (χ1) is 8.15. The second-order valence-electron chi connectivity index (χ2n) is 5.69. The summed E-state index contributed by atoms with van der Waals surface area (Å²) in [6, 6.07) is 0. The minimum absolute atomic E-state index is 0.261. The van der Waals surface area contributed by atoms with Gasteiger partial charge in [0.1, 0.15) is 0 Å². The summed E-state index contributed by atoms with van der Waals surface area (Å²) in [5.41, 5.74) is 0. The smallest absolute Gasteiger partial charge is 0.168 e. The van der Waals surface area contributed by atoms with E-state index in [1.807, 2.05) is 6.92 Å². The fourth-order valence-electron chi connectivity index (χ4n) is 3.20. The maximum atomic E-state index is 9.51. The molecule has 2 rings (SSSR count). The Morgan fingerprint density at radius 1 is 1.29 bits per heavy atom. The molecule has 1 aliphatic heterocycles. The molecule has 1 spiro atoms. The first-order valence-electron chi connectivity index (χ1n) is 7.15. The fraction of sp³-hybridized carbons (Fsp3) is 1.00. The fourth-order valence-corrected chi connectivity index (χ4v) is 3.20. The van der Waals surface area contributed by atoms with Crippen molar-refractivity contribution in [3.05, 3.63) is 0 Å². The first kappa shape index (κ1) is 13.3. The third-order valence-electron chi connectivity index (χ3n) is 4.11. The van der Waals surface area contributed by atoms with Crippen LogP contribution in [0.2, 0.25) is 0 Å². The molecule has 2 aliphatic rings. The number of rotatable bonds is 3. The minimum Gasteiger partial charge on any atom is -0.393 e. The highest BCUT2D eigenvalue weighted by Gasteiger charge is 2.42. The van der Waals surface area contributed by atoms with E-state index < -0.39 is 0 Å². The van der Waals surface area contributed by atoms with E-state index in [0.717, 1.165) is 32.3 Å². The van der Waals surface area contributed by atoms with Crippen LogP contribution in [0, 0.1) is 5.92 Å². The molecule has 3 atom stereocenters. The van der Waals surface area contributed by atoms with E-state index in [1.165, 1.54) is 19.3 Å². The van der Waals surface area contributed by atoms with Crippen LogP contribution in [0.25, 0.3) is 0 Å². The van der Waals surface area contributed by atoms with Crippen LogP contribution in [-0.4, -0.2) is 29.7 Å². The van der Waals surface area contributed by atoms with E-state index in [1.54, 1.807) is 0 Å². The molecular weight excluding hydrogens is 216 g/mol. The van der Waals surface area contributed by atoms with Gasteiger partial charge < -0.3 is 14.6 Å². The molecule has 1 aliphatic carbocycles. The van der Waals surface area contributed by atoms with Gasteiger partial charge in [0.15, 0.2) is 5.79 Å². The zero-order valence-electron chi connectivity index (χ0n) is 11.2. The molecule has 1 heterocycles. The van der Waals surface area contributed by atoms with Crippen LogP contribution in [0.3, 0.4) is 0 Å². The molecule has 3 unspecified atom stereocenters. The predicted octanol–water partition coefficient (Wildman–Crippen LogP) is 2.86. The highest BCUT2D eigenvalue weighted by molar-refractivity contribution is 4.84. The quantitative estimate of drug-likeness (QED) is 0.827. The van der Waals surface area contributed by atoms with Crippen LogP contribution in [-0.2, 0) is 9.47 Å². The lowest BCUT2D eigenvalue weighted by Gasteiger charge is -2.46. The van der Waals surface area contributed by atoms with Crippen molar-refractivity contribution in [2.45, 2.75) is 76.8 Å². The van der Waals surface area contributed by atoms with Gasteiger partial charge in [0.05, 0.1) is 18.8 Å². The molecule has 0 amide bonds. The van der Waals surface area contributed by atoms with Crippen molar-refractivity contribution < 1.29 is 14.6 Å². The van der Waals surface area contributed by atoms with Crippen molar-refractivity contribution in [1.29, 1.82) is 0 Å². The summed E-state index contributed by atoms with van der Waals surface area (Å²) < 4.78 is 12.3. The van der Waals surface area contributed by atoms with E-state index in [4.69, 9.17) is 9.47 Å². The van der Waals surface area contributed by atoms with Crippen molar-refractivity contribution in [3.63, 3.8) is 0 Å². The Hall–Kier alpha value is -0.120. The lowest BCUT2D eigenvalue weighted by atomic mass is 9.88. The van der Waals surface area contributed by atoms with Crippen LogP contribution in [0.1, 0.15) is 58.8 Å². The van der Waals surface area contributed by atoms with Gasteiger partial charge in [-0.3, -0.25) is 0 Å². The van der Waals surface area contributed by atoms with Crippen molar-refractivity contribution in [2.75, 3.05) is 6.61 Å². The average Bonchev–Trinajstić information content (AvgIpc) is 2.32. The van der Waals surface area contributed by atoms with Gasteiger partial charge in [0.25, 0.3) is 0 Å². The lowest BCUT2D eigenvalue weighted by Crippen LogP contribution is -2.50. The van der Waals surface area contributed by atoms with E-state index in [2.05, 4.69) is 6.92 Å². The van der Waals surface area contributed by atoms with Crippen LogP contribution in [0.15, 0.2) is 0 Å². The standard InChI is InChI=1S/C14H26O3/c1-3-13-12(9-11(2)15)10-16-14(17-13)7-5-4-6-8-14/h11-13,15H,3-10H2,1-2H3. The number of hydrogen-bond acceptors (Lipinski definition) is 3. The Bertz CT molecular complexity index is 234. The summed E-state index contributed by atoms with van der Waals surface area (Å²) in [5.74, 6) is 0.0706. The SMILES string of the molecule is CCC1OC2(CCCCC2)OCC1CC(C)O. The Morgan fingerprint density at radius 2 is 2.00 bits per heavy atom. The molecule has 100 valence electrons. The van der Waals surface area contributed by atoms with Crippen molar-refractivity contribution in [3.8, 4) is 0 Å². The summed E-state index contributed by atoms with van der Waals surface area (Å²) in [4.78, 5) is 0. The molecular formula is C14H26O3. The molecule has 3 heteroatoms. The van der Waals surface area contributed by atoms with E-state index >= 15 is 0 Å². The number of aliphatic hydroxyl groups is 1. The molecule has 0 radical (unpaired) electrons. The van der Waals surface area contributed by atoms with Crippen molar-refractivity contribution >= 4 is 0 Å². The van der Waals surface area contributed by atoms with Gasteiger partial charge >= 0.3 is 0 Å². The summed E-state index contributed by atoms with van der Waals surface area (Å²) >= 11 is 0. The van der Waals surface area contributed by atoms with Gasteiger partial charge in [0.2, 0.25) is 0 Å². The van der Waals surface area contributed by atoms with Gasteiger partial charge in [-0.05, 0) is 32.6 Å². The Kier molecular flexibility index (Phi) is 4.45. The average molecular weight is 242 g/mol. The van der Waals surface area contributed by atoms with Gasteiger partial charge in [-0.15, -0.1) is 0 Å². The van der Waals surface area contributed by atoms with Crippen molar-refractivity contribution in [1.82, 2.24) is 0 Å². The second kappa shape index (κ2) is 5.68. The third-order valence-corrected chi connectivity index (χ3v) is 4.11. The molecule has 0 aromatic rings. The number of ether oxygens (including phenoxy) is 2. The topological polar surface area (TPSA) is 38.7 Å². The van der Waals surface area contributed by atoms with Crippen LogP contribution in [0.5, 0.6) is 0 Å². The normalized spacial score (nSPS) is 34.8. The summed E-state index contributed by atoms with van der Waals surface area (Å²) in [5, 5.41) is 9.51. The minimum atomic E-state index is -0.284. The van der Waals surface area contributed by atoms with Crippen LogP contribution < -0.4 is 0 Å². The molecule has 17 heavy (non-hydrogen) atoms. The summed E-state index contributed by atoms with van der Waals surface area (Å²) in [7, 11) is 0. The maximum absolute atomic E-state index is 9.51. The monoisotopic (exact) mass is 242 g/mol. The molecule has 2 fully saturated rings. The molecule has 0 bridgehead atoms. The van der Waals surface area contributed by atoms with Gasteiger partial charge in [0, 0.05) is 18.8 Å². The zero-order valence-corrected chi connectivity index (χ0v) is 11.2. The molecule has 0 aromatic heterocycles. The summed E-state index contributed by atoms with van der Waals surface area (Å²) in [6.45, 7) is 4.77. The zero-order chi connectivity index (χ0) is 12.3. The lowest BCUT2D eigenvalue weighted by molar-refractivity contribution is -0.324. The molecule has 1 N–H and O–H groups in total. The van der Waals surface area contributed by atoms with E-state index in [0.29, 0.717) is 5.92 Å². The summed E-state index contributed by atoms with van der Waals surface area (Å²) in [6.07, 6.45) is 7.64. The Labute approximate surface area is 104 Å². The number of hydrogen-bond donors (Lipinski definition) is 1. The predicted molar refractivity (Wildman–Crippen MR) is 66.7 cm³/mol. The third kappa shape index (κ3) is 3.21. The van der Waals surface area contributed by atoms with Crippen LogP contribution in [0.4, 0.5) is 0 Å². The molecule has 1 saturated heterocycles. The molecule has 3 nitrogen and oxygen atoms in total. The van der Waals surface area contributed by atoms with E-state index in [-0.39, 0.29) is 18.0 Å². The Morgan fingerprint density at radius 3 is 2.59 bits per heavy atom. The van der Waals surface area contributed by atoms with Crippen molar-refractivity contribution in [2.24, 2.45) is 5.92 Å². The molecule has 0 aromatic carbocycles. The number of aliphatic hydroxyl groups excluding tert-OH is 1. The van der Waals surface area contributed by atoms with Gasteiger partial charge in [-0.1, -0.05) is 13.3 Å². The first-order valence-corrected chi connectivity index (χ1v) is 7.15. The second-order valence-corrected chi connectivity index (χ2v) is 5.69. The molecule has 1 saturated carbocycles. The van der Waals surface area contributed by atoms with Gasteiger partial charge in [-0.25, -0.2) is 0 Å². The highest BCUT2D eigenvalue weighted by Crippen LogP contribution is 2.40. The van der Waals surface area contributed by atoms with Crippen LogP contribution >= 0.6 is 0 Å². The Balaban J connectivity index is 1.96. The highest BCUT2D eigenvalue weighted by atomic mass is 16.7. The van der Waals surface area contributed by atoms with E-state index in [9.17, 15) is 5.11 Å². The maximum Gasteiger partial charge on any atom is 0.168 e. The van der Waals surface area contributed by atoms with Gasteiger partial charge in [-0.2, -0.15) is 0 Å². The largest absolute Gasteiger partial charge is 0.393 e.